The molecule has 0 spiro atoms. The smallest absolute Gasteiger partial charge is 0.0654 e. The zero-order chi connectivity index (χ0) is 13.6. The monoisotopic (exact) mass is 258 g/mol. The predicted octanol–water partition coefficient (Wildman–Crippen LogP) is 3.27. The Morgan fingerprint density at radius 1 is 1.11 bits per heavy atom. The summed E-state index contributed by atoms with van der Waals surface area (Å²) < 4.78 is 17.1. The van der Waals surface area contributed by atoms with Gasteiger partial charge in [0.2, 0.25) is 0 Å². The van der Waals surface area contributed by atoms with Gasteiger partial charge in [-0.15, -0.1) is 0 Å². The molecule has 0 heterocycles. The van der Waals surface area contributed by atoms with Gasteiger partial charge < -0.3 is 14.2 Å². The summed E-state index contributed by atoms with van der Waals surface area (Å²) in [4.78, 5) is 0. The van der Waals surface area contributed by atoms with Gasteiger partial charge in [0.1, 0.15) is 0 Å². The maximum atomic E-state index is 6.20. The maximum Gasteiger partial charge on any atom is 0.0654 e. The number of methoxy groups -OCH3 is 2. The van der Waals surface area contributed by atoms with Crippen LogP contribution in [0.15, 0.2) is 0 Å². The summed E-state index contributed by atoms with van der Waals surface area (Å²) in [6.45, 7) is 8.84. The second-order valence-corrected chi connectivity index (χ2v) is 6.13. The van der Waals surface area contributed by atoms with E-state index in [1.165, 1.54) is 19.3 Å². The minimum atomic E-state index is -0.0170. The van der Waals surface area contributed by atoms with Crippen LogP contribution in [0.2, 0.25) is 0 Å². The molecule has 0 aliphatic heterocycles. The van der Waals surface area contributed by atoms with E-state index in [4.69, 9.17) is 14.2 Å². The molecule has 0 aromatic rings. The summed E-state index contributed by atoms with van der Waals surface area (Å²) in [7, 11) is 3.52. The largest absolute Gasteiger partial charge is 0.384 e. The standard InChI is InChI=1S/C15H30O3/c1-6-13(2)15(10-16-4,11-17-5)12-18-14(3)8-7-9-14/h13H,6-12H2,1-5H3. The molecular formula is C15H30O3. The lowest BCUT2D eigenvalue weighted by molar-refractivity contribution is -0.153. The van der Waals surface area contributed by atoms with Gasteiger partial charge >= 0.3 is 0 Å². The summed E-state index contributed by atoms with van der Waals surface area (Å²) >= 11 is 0. The third-order valence-electron chi connectivity index (χ3n) is 4.64. The van der Waals surface area contributed by atoms with E-state index in [2.05, 4.69) is 20.8 Å². The first-order chi connectivity index (χ1) is 8.52. The number of hydrogen-bond acceptors (Lipinski definition) is 3. The zero-order valence-corrected chi connectivity index (χ0v) is 12.8. The molecule has 1 fully saturated rings. The van der Waals surface area contributed by atoms with E-state index in [-0.39, 0.29) is 11.0 Å². The molecule has 1 rings (SSSR count). The van der Waals surface area contributed by atoms with Crippen molar-refractivity contribution in [2.75, 3.05) is 34.0 Å². The van der Waals surface area contributed by atoms with Gasteiger partial charge in [-0.1, -0.05) is 20.3 Å². The van der Waals surface area contributed by atoms with Crippen LogP contribution >= 0.6 is 0 Å². The van der Waals surface area contributed by atoms with Gasteiger partial charge in [-0.25, -0.2) is 0 Å². The van der Waals surface area contributed by atoms with Crippen molar-refractivity contribution in [3.8, 4) is 0 Å². The maximum absolute atomic E-state index is 6.20. The van der Waals surface area contributed by atoms with Crippen molar-refractivity contribution in [2.24, 2.45) is 11.3 Å². The molecule has 1 aliphatic rings. The van der Waals surface area contributed by atoms with Crippen LogP contribution in [0.25, 0.3) is 0 Å². The van der Waals surface area contributed by atoms with Gasteiger partial charge in [0.15, 0.2) is 0 Å². The van der Waals surface area contributed by atoms with Gasteiger partial charge in [-0.05, 0) is 32.1 Å². The number of rotatable bonds is 9. The Hall–Kier alpha value is -0.120. The highest BCUT2D eigenvalue weighted by Crippen LogP contribution is 2.39. The molecule has 0 saturated heterocycles. The third kappa shape index (κ3) is 3.69. The Bertz CT molecular complexity index is 230. The Morgan fingerprint density at radius 2 is 1.67 bits per heavy atom. The van der Waals surface area contributed by atoms with Crippen LogP contribution in [0.1, 0.15) is 46.5 Å². The van der Waals surface area contributed by atoms with Crippen molar-refractivity contribution in [1.29, 1.82) is 0 Å². The minimum Gasteiger partial charge on any atom is -0.384 e. The highest BCUT2D eigenvalue weighted by molar-refractivity contribution is 4.89. The van der Waals surface area contributed by atoms with Gasteiger partial charge in [-0.2, -0.15) is 0 Å². The Morgan fingerprint density at radius 3 is 2.00 bits per heavy atom. The highest BCUT2D eigenvalue weighted by Gasteiger charge is 2.40. The fourth-order valence-electron chi connectivity index (χ4n) is 2.70. The summed E-state index contributed by atoms with van der Waals surface area (Å²) in [5, 5.41) is 0. The van der Waals surface area contributed by atoms with Gasteiger partial charge in [-0.3, -0.25) is 0 Å². The van der Waals surface area contributed by atoms with E-state index in [1.807, 2.05) is 0 Å². The summed E-state index contributed by atoms with van der Waals surface area (Å²) in [5.41, 5.74) is 0.0804. The van der Waals surface area contributed by atoms with E-state index < -0.39 is 0 Å². The molecule has 3 nitrogen and oxygen atoms in total. The lowest BCUT2D eigenvalue weighted by Crippen LogP contribution is -2.47. The quantitative estimate of drug-likeness (QED) is 0.635. The van der Waals surface area contributed by atoms with Crippen molar-refractivity contribution < 1.29 is 14.2 Å². The van der Waals surface area contributed by atoms with Gasteiger partial charge in [0, 0.05) is 19.6 Å². The molecule has 1 aliphatic carbocycles. The van der Waals surface area contributed by atoms with E-state index in [0.717, 1.165) is 13.0 Å². The van der Waals surface area contributed by atoms with Crippen LogP contribution in [0, 0.1) is 11.3 Å². The van der Waals surface area contributed by atoms with Crippen molar-refractivity contribution in [1.82, 2.24) is 0 Å². The summed E-state index contributed by atoms with van der Waals surface area (Å²) in [6, 6.07) is 0. The predicted molar refractivity (Wildman–Crippen MR) is 73.8 cm³/mol. The van der Waals surface area contributed by atoms with Gasteiger partial charge in [0.25, 0.3) is 0 Å². The topological polar surface area (TPSA) is 27.7 Å². The van der Waals surface area contributed by atoms with E-state index >= 15 is 0 Å². The van der Waals surface area contributed by atoms with Crippen molar-refractivity contribution in [3.05, 3.63) is 0 Å². The fraction of sp³-hybridized carbons (Fsp3) is 1.00. The fourth-order valence-corrected chi connectivity index (χ4v) is 2.70. The molecule has 1 saturated carbocycles. The highest BCUT2D eigenvalue weighted by atomic mass is 16.5. The summed E-state index contributed by atoms with van der Waals surface area (Å²) in [5.74, 6) is 0.529. The van der Waals surface area contributed by atoms with Crippen molar-refractivity contribution in [3.63, 3.8) is 0 Å². The first kappa shape index (κ1) is 15.9. The minimum absolute atomic E-state index is 0.0170. The van der Waals surface area contributed by atoms with E-state index in [9.17, 15) is 0 Å². The second-order valence-electron chi connectivity index (χ2n) is 6.13. The van der Waals surface area contributed by atoms with E-state index in [1.54, 1.807) is 14.2 Å². The Kier molecular flexibility index (Phi) is 6.09. The molecule has 108 valence electrons. The van der Waals surface area contributed by atoms with Crippen LogP contribution in [0.5, 0.6) is 0 Å². The molecule has 0 aromatic heterocycles. The first-order valence-corrected chi connectivity index (χ1v) is 7.14. The molecular weight excluding hydrogens is 228 g/mol. The average molecular weight is 258 g/mol. The molecule has 0 bridgehead atoms. The molecule has 0 amide bonds. The molecule has 3 heteroatoms. The molecule has 1 unspecified atom stereocenters. The van der Waals surface area contributed by atoms with Crippen LogP contribution in [-0.4, -0.2) is 39.6 Å². The Labute approximate surface area is 112 Å². The number of hydrogen-bond donors (Lipinski definition) is 0. The van der Waals surface area contributed by atoms with Crippen LogP contribution in [-0.2, 0) is 14.2 Å². The van der Waals surface area contributed by atoms with E-state index in [0.29, 0.717) is 19.1 Å². The molecule has 0 aromatic carbocycles. The van der Waals surface area contributed by atoms with Crippen molar-refractivity contribution >= 4 is 0 Å². The van der Waals surface area contributed by atoms with Crippen molar-refractivity contribution in [2.45, 2.75) is 52.1 Å². The van der Waals surface area contributed by atoms with Gasteiger partial charge in [0.05, 0.1) is 25.4 Å². The first-order valence-electron chi connectivity index (χ1n) is 7.14. The zero-order valence-electron chi connectivity index (χ0n) is 12.8. The number of ether oxygens (including phenoxy) is 3. The normalized spacial score (nSPS) is 20.5. The van der Waals surface area contributed by atoms with Crippen LogP contribution in [0.4, 0.5) is 0 Å². The third-order valence-corrected chi connectivity index (χ3v) is 4.64. The Balaban J connectivity index is 2.66. The lowest BCUT2D eigenvalue weighted by Gasteiger charge is -2.44. The molecule has 18 heavy (non-hydrogen) atoms. The SMILES string of the molecule is CCC(C)C(COC)(COC)COC1(C)CCC1. The summed E-state index contributed by atoms with van der Waals surface area (Å²) in [6.07, 6.45) is 4.78. The molecule has 0 radical (unpaired) electrons. The molecule has 0 N–H and O–H groups in total. The lowest BCUT2D eigenvalue weighted by atomic mass is 9.75. The molecule has 1 atom stereocenters. The van der Waals surface area contributed by atoms with Crippen LogP contribution in [0.3, 0.4) is 0 Å². The van der Waals surface area contributed by atoms with Crippen LogP contribution < -0.4 is 0 Å². The second kappa shape index (κ2) is 6.88. The average Bonchev–Trinajstić information content (AvgIpc) is 2.33.